The van der Waals surface area contributed by atoms with Gasteiger partial charge in [-0.15, -0.1) is 0 Å². The molecular formula is C12H20BrN3O2. The zero-order valence-electron chi connectivity index (χ0n) is 11.1. The van der Waals surface area contributed by atoms with Gasteiger partial charge in [0, 0.05) is 13.2 Å². The van der Waals surface area contributed by atoms with E-state index in [2.05, 4.69) is 45.1 Å². The molecule has 0 aromatic carbocycles. The minimum absolute atomic E-state index is 0.480. The zero-order valence-corrected chi connectivity index (χ0v) is 12.7. The van der Waals surface area contributed by atoms with E-state index in [-0.39, 0.29) is 0 Å². The summed E-state index contributed by atoms with van der Waals surface area (Å²) in [6.07, 6.45) is 1.68. The van der Waals surface area contributed by atoms with Crippen LogP contribution in [0, 0.1) is 5.92 Å². The van der Waals surface area contributed by atoms with Crippen LogP contribution in [-0.2, 0) is 4.74 Å². The first kappa shape index (κ1) is 15.2. The molecule has 0 radical (unpaired) electrons. The topological polar surface area (TPSA) is 56.3 Å². The third kappa shape index (κ3) is 5.64. The molecule has 0 unspecified atom stereocenters. The van der Waals surface area contributed by atoms with E-state index >= 15 is 0 Å². The number of hydrogen-bond donors (Lipinski definition) is 1. The fourth-order valence-corrected chi connectivity index (χ4v) is 1.52. The van der Waals surface area contributed by atoms with Crippen LogP contribution in [0.4, 0.5) is 5.95 Å². The molecule has 0 spiro atoms. The van der Waals surface area contributed by atoms with Crippen LogP contribution in [0.2, 0.25) is 0 Å². The summed E-state index contributed by atoms with van der Waals surface area (Å²) in [5.74, 6) is 1.64. The van der Waals surface area contributed by atoms with Crippen molar-refractivity contribution in [1.29, 1.82) is 0 Å². The molecule has 0 bridgehead atoms. The van der Waals surface area contributed by atoms with Gasteiger partial charge in [-0.05, 0) is 28.8 Å². The standard InChI is InChI=1S/C12H20BrN3O2/c1-4-14-12-15-7-10(13)11(16-12)18-6-5-17-8-9(2)3/h7,9H,4-6,8H2,1-3H3,(H,14,15,16). The van der Waals surface area contributed by atoms with Crippen LogP contribution in [0.3, 0.4) is 0 Å². The lowest BCUT2D eigenvalue weighted by molar-refractivity contribution is 0.0804. The third-order valence-corrected chi connectivity index (χ3v) is 2.51. The van der Waals surface area contributed by atoms with Gasteiger partial charge in [0.2, 0.25) is 11.8 Å². The van der Waals surface area contributed by atoms with Gasteiger partial charge in [-0.1, -0.05) is 13.8 Å². The van der Waals surface area contributed by atoms with E-state index in [4.69, 9.17) is 9.47 Å². The van der Waals surface area contributed by atoms with Crippen molar-refractivity contribution in [3.05, 3.63) is 10.7 Å². The average molecular weight is 318 g/mol. The molecule has 0 saturated carbocycles. The van der Waals surface area contributed by atoms with E-state index in [9.17, 15) is 0 Å². The Hall–Kier alpha value is -0.880. The Labute approximate surface area is 116 Å². The van der Waals surface area contributed by atoms with Gasteiger partial charge in [-0.3, -0.25) is 0 Å². The minimum atomic E-state index is 0.480. The molecule has 0 saturated heterocycles. The number of ether oxygens (including phenoxy) is 2. The molecule has 0 atom stereocenters. The van der Waals surface area contributed by atoms with Crippen LogP contribution < -0.4 is 10.1 Å². The van der Waals surface area contributed by atoms with Gasteiger partial charge >= 0.3 is 0 Å². The number of rotatable bonds is 8. The number of nitrogens with zero attached hydrogens (tertiary/aromatic N) is 2. The highest BCUT2D eigenvalue weighted by molar-refractivity contribution is 9.10. The minimum Gasteiger partial charge on any atom is -0.474 e. The molecule has 1 aromatic rings. The van der Waals surface area contributed by atoms with Gasteiger partial charge < -0.3 is 14.8 Å². The molecule has 6 heteroatoms. The molecule has 102 valence electrons. The summed E-state index contributed by atoms with van der Waals surface area (Å²) in [5, 5.41) is 3.04. The summed E-state index contributed by atoms with van der Waals surface area (Å²) in [4.78, 5) is 8.36. The molecule has 18 heavy (non-hydrogen) atoms. The molecule has 0 aliphatic rings. The number of aromatic nitrogens is 2. The zero-order chi connectivity index (χ0) is 13.4. The van der Waals surface area contributed by atoms with Gasteiger partial charge in [-0.2, -0.15) is 4.98 Å². The Kier molecular flexibility index (Phi) is 6.97. The number of nitrogens with one attached hydrogen (secondary N) is 1. The summed E-state index contributed by atoms with van der Waals surface area (Å²) in [7, 11) is 0. The van der Waals surface area contributed by atoms with Crippen LogP contribution in [0.5, 0.6) is 5.88 Å². The Morgan fingerprint density at radius 3 is 2.83 bits per heavy atom. The maximum absolute atomic E-state index is 5.54. The highest BCUT2D eigenvalue weighted by Crippen LogP contribution is 2.22. The predicted molar refractivity (Wildman–Crippen MR) is 75.0 cm³/mol. The number of hydrogen-bond acceptors (Lipinski definition) is 5. The number of anilines is 1. The summed E-state index contributed by atoms with van der Waals surface area (Å²) < 4.78 is 11.7. The van der Waals surface area contributed by atoms with Gasteiger partial charge in [0.25, 0.3) is 0 Å². The van der Waals surface area contributed by atoms with Gasteiger partial charge in [0.1, 0.15) is 6.61 Å². The molecular weight excluding hydrogens is 298 g/mol. The smallest absolute Gasteiger partial charge is 0.232 e. The lowest BCUT2D eigenvalue weighted by Crippen LogP contribution is -2.11. The van der Waals surface area contributed by atoms with Crippen molar-refractivity contribution in [1.82, 2.24) is 9.97 Å². The third-order valence-electron chi connectivity index (χ3n) is 1.96. The quantitative estimate of drug-likeness (QED) is 0.747. The van der Waals surface area contributed by atoms with E-state index in [1.54, 1.807) is 6.20 Å². The van der Waals surface area contributed by atoms with Crippen molar-refractivity contribution in [2.45, 2.75) is 20.8 Å². The van der Waals surface area contributed by atoms with Gasteiger partial charge in [0.15, 0.2) is 0 Å². The van der Waals surface area contributed by atoms with E-state index in [1.165, 1.54) is 0 Å². The molecule has 5 nitrogen and oxygen atoms in total. The molecule has 0 aliphatic heterocycles. The highest BCUT2D eigenvalue weighted by atomic mass is 79.9. The second-order valence-electron chi connectivity index (χ2n) is 4.19. The highest BCUT2D eigenvalue weighted by Gasteiger charge is 2.05. The van der Waals surface area contributed by atoms with E-state index < -0.39 is 0 Å². The van der Waals surface area contributed by atoms with E-state index in [1.807, 2.05) is 6.92 Å². The summed E-state index contributed by atoms with van der Waals surface area (Å²) in [5.41, 5.74) is 0. The lowest BCUT2D eigenvalue weighted by atomic mass is 10.2. The lowest BCUT2D eigenvalue weighted by Gasteiger charge is -2.10. The summed E-state index contributed by atoms with van der Waals surface area (Å²) in [6.45, 7) is 8.79. The van der Waals surface area contributed by atoms with Crippen LogP contribution in [-0.4, -0.2) is 36.3 Å². The monoisotopic (exact) mass is 317 g/mol. The molecule has 0 amide bonds. The first-order chi connectivity index (χ1) is 8.63. The van der Waals surface area contributed by atoms with Crippen molar-refractivity contribution in [2.75, 3.05) is 31.7 Å². The average Bonchev–Trinajstić information content (AvgIpc) is 2.32. The van der Waals surface area contributed by atoms with Crippen molar-refractivity contribution in [3.8, 4) is 5.88 Å². The van der Waals surface area contributed by atoms with Crippen molar-refractivity contribution < 1.29 is 9.47 Å². The Balaban J connectivity index is 2.38. The Bertz CT molecular complexity index is 361. The van der Waals surface area contributed by atoms with Gasteiger partial charge in [0.05, 0.1) is 17.3 Å². The van der Waals surface area contributed by atoms with Crippen LogP contribution in [0.15, 0.2) is 10.7 Å². The van der Waals surface area contributed by atoms with Crippen molar-refractivity contribution in [3.63, 3.8) is 0 Å². The normalized spacial score (nSPS) is 10.7. The second kappa shape index (κ2) is 8.26. The number of halogens is 1. The van der Waals surface area contributed by atoms with E-state index in [0.717, 1.165) is 17.6 Å². The van der Waals surface area contributed by atoms with Crippen LogP contribution in [0.1, 0.15) is 20.8 Å². The first-order valence-electron chi connectivity index (χ1n) is 6.10. The SMILES string of the molecule is CCNc1ncc(Br)c(OCCOCC(C)C)n1. The fraction of sp³-hybridized carbons (Fsp3) is 0.667. The van der Waals surface area contributed by atoms with Crippen LogP contribution >= 0.6 is 15.9 Å². The van der Waals surface area contributed by atoms with Gasteiger partial charge in [-0.25, -0.2) is 4.98 Å². The molecule has 1 heterocycles. The summed E-state index contributed by atoms with van der Waals surface area (Å²) >= 11 is 3.36. The maximum atomic E-state index is 5.54. The van der Waals surface area contributed by atoms with Crippen molar-refractivity contribution in [2.24, 2.45) is 5.92 Å². The predicted octanol–water partition coefficient (Wildman–Crippen LogP) is 2.72. The molecule has 1 rings (SSSR count). The Morgan fingerprint density at radius 1 is 1.39 bits per heavy atom. The summed E-state index contributed by atoms with van der Waals surface area (Å²) in [6, 6.07) is 0. The molecule has 1 N–H and O–H groups in total. The largest absolute Gasteiger partial charge is 0.474 e. The Morgan fingerprint density at radius 2 is 2.17 bits per heavy atom. The molecule has 0 fully saturated rings. The van der Waals surface area contributed by atoms with E-state index in [0.29, 0.717) is 31.0 Å². The van der Waals surface area contributed by atoms with Crippen molar-refractivity contribution >= 4 is 21.9 Å². The first-order valence-corrected chi connectivity index (χ1v) is 6.89. The second-order valence-corrected chi connectivity index (χ2v) is 5.05. The van der Waals surface area contributed by atoms with Crippen LogP contribution in [0.25, 0.3) is 0 Å². The molecule has 0 aliphatic carbocycles. The molecule has 1 aromatic heterocycles. The fourth-order valence-electron chi connectivity index (χ4n) is 1.21. The maximum Gasteiger partial charge on any atom is 0.232 e.